The van der Waals surface area contributed by atoms with E-state index in [1.54, 1.807) is 11.7 Å². The molecule has 29 heavy (non-hydrogen) atoms. The average molecular weight is 400 g/mol. The third kappa shape index (κ3) is 4.56. The molecule has 2 aromatic rings. The minimum absolute atomic E-state index is 0.0425. The van der Waals surface area contributed by atoms with E-state index < -0.39 is 0 Å². The van der Waals surface area contributed by atoms with E-state index in [-0.39, 0.29) is 16.5 Å². The summed E-state index contributed by atoms with van der Waals surface area (Å²) >= 11 is 0. The molecule has 1 aliphatic heterocycles. The maximum absolute atomic E-state index is 12.5. The van der Waals surface area contributed by atoms with E-state index in [2.05, 4.69) is 22.2 Å². The number of hydrogen-bond acceptors (Lipinski definition) is 6. The van der Waals surface area contributed by atoms with Crippen LogP contribution in [0.2, 0.25) is 0 Å². The summed E-state index contributed by atoms with van der Waals surface area (Å²) in [6.07, 6.45) is 1.38. The highest BCUT2D eigenvalue weighted by Crippen LogP contribution is 2.32. The zero-order valence-corrected chi connectivity index (χ0v) is 17.2. The third-order valence-corrected chi connectivity index (χ3v) is 5.29. The molecule has 1 aliphatic rings. The second-order valence-electron chi connectivity index (χ2n) is 7.18. The summed E-state index contributed by atoms with van der Waals surface area (Å²) in [5.74, 6) is 0.506. The standard InChI is InChI=1S/C20H28N6O3/c1-4-15-8-6-7-9-17(15)21-18(27)14-24-10-12-25(13-11-24)20-19(26(28)29)16(5-2)22-23(20)3/h6-9H,4-5,10-14H2,1-3H3,(H,21,27). The van der Waals surface area contributed by atoms with Crippen molar-refractivity contribution in [3.8, 4) is 0 Å². The van der Waals surface area contributed by atoms with Crippen LogP contribution in [0, 0.1) is 10.1 Å². The molecule has 1 aromatic heterocycles. The first-order valence-corrected chi connectivity index (χ1v) is 9.99. The Morgan fingerprint density at radius 1 is 1.17 bits per heavy atom. The van der Waals surface area contributed by atoms with Gasteiger partial charge in [0.25, 0.3) is 0 Å². The molecule has 1 aromatic carbocycles. The van der Waals surface area contributed by atoms with Gasteiger partial charge in [0, 0.05) is 38.9 Å². The van der Waals surface area contributed by atoms with E-state index in [1.807, 2.05) is 36.1 Å². The van der Waals surface area contributed by atoms with Gasteiger partial charge in [-0.3, -0.25) is 19.8 Å². The first-order valence-electron chi connectivity index (χ1n) is 9.99. The van der Waals surface area contributed by atoms with Crippen LogP contribution in [0.15, 0.2) is 24.3 Å². The minimum atomic E-state index is -0.341. The number of para-hydroxylation sites is 1. The van der Waals surface area contributed by atoms with Crippen molar-refractivity contribution in [2.75, 3.05) is 42.9 Å². The molecule has 2 heterocycles. The van der Waals surface area contributed by atoms with Crippen LogP contribution in [-0.2, 0) is 24.7 Å². The summed E-state index contributed by atoms with van der Waals surface area (Å²) in [5.41, 5.74) is 2.57. The Balaban J connectivity index is 1.61. The fourth-order valence-electron chi connectivity index (χ4n) is 3.80. The molecule has 1 N–H and O–H groups in total. The van der Waals surface area contributed by atoms with Crippen LogP contribution in [0.5, 0.6) is 0 Å². The van der Waals surface area contributed by atoms with Crippen molar-refractivity contribution < 1.29 is 9.72 Å². The van der Waals surface area contributed by atoms with Crippen LogP contribution in [-0.4, -0.2) is 58.2 Å². The third-order valence-electron chi connectivity index (χ3n) is 5.29. The summed E-state index contributed by atoms with van der Waals surface area (Å²) in [7, 11) is 1.74. The van der Waals surface area contributed by atoms with Gasteiger partial charge in [0.05, 0.1) is 11.5 Å². The molecule has 156 valence electrons. The quantitative estimate of drug-likeness (QED) is 0.565. The Hall–Kier alpha value is -2.94. The van der Waals surface area contributed by atoms with Crippen LogP contribution >= 0.6 is 0 Å². The minimum Gasteiger partial charge on any atom is -0.349 e. The molecule has 1 saturated heterocycles. The lowest BCUT2D eigenvalue weighted by Gasteiger charge is -2.34. The van der Waals surface area contributed by atoms with Gasteiger partial charge >= 0.3 is 5.69 Å². The van der Waals surface area contributed by atoms with E-state index in [0.29, 0.717) is 50.7 Å². The number of piperazine rings is 1. The van der Waals surface area contributed by atoms with E-state index in [1.165, 1.54) is 0 Å². The lowest BCUT2D eigenvalue weighted by Crippen LogP contribution is -2.49. The van der Waals surface area contributed by atoms with Crippen LogP contribution in [0.1, 0.15) is 25.1 Å². The van der Waals surface area contributed by atoms with Crippen molar-refractivity contribution in [2.24, 2.45) is 7.05 Å². The molecule has 0 radical (unpaired) electrons. The van der Waals surface area contributed by atoms with Crippen molar-refractivity contribution >= 4 is 23.1 Å². The molecule has 9 nitrogen and oxygen atoms in total. The Morgan fingerprint density at radius 3 is 2.48 bits per heavy atom. The number of amides is 1. The predicted molar refractivity (Wildman–Crippen MR) is 112 cm³/mol. The Labute approximate surface area is 170 Å². The summed E-state index contributed by atoms with van der Waals surface area (Å²) in [5, 5.41) is 18.9. The molecule has 0 bridgehead atoms. The fourth-order valence-corrected chi connectivity index (χ4v) is 3.80. The number of benzene rings is 1. The lowest BCUT2D eigenvalue weighted by molar-refractivity contribution is -0.384. The summed E-state index contributed by atoms with van der Waals surface area (Å²) < 4.78 is 1.60. The molecule has 0 spiro atoms. The summed E-state index contributed by atoms with van der Waals surface area (Å²) in [6, 6.07) is 7.81. The Bertz CT molecular complexity index is 886. The van der Waals surface area contributed by atoms with E-state index >= 15 is 0 Å². The highest BCUT2D eigenvalue weighted by atomic mass is 16.6. The van der Waals surface area contributed by atoms with Crippen molar-refractivity contribution in [1.82, 2.24) is 14.7 Å². The number of carbonyl (C=O) groups is 1. The number of aromatic nitrogens is 2. The topological polar surface area (TPSA) is 96.5 Å². The predicted octanol–water partition coefficient (Wildman–Crippen LogP) is 2.21. The van der Waals surface area contributed by atoms with Gasteiger partial charge in [-0.05, 0) is 24.5 Å². The summed E-state index contributed by atoms with van der Waals surface area (Å²) in [6.45, 7) is 6.78. The number of anilines is 2. The zero-order valence-electron chi connectivity index (χ0n) is 17.2. The van der Waals surface area contributed by atoms with Crippen LogP contribution < -0.4 is 10.2 Å². The van der Waals surface area contributed by atoms with Gasteiger partial charge < -0.3 is 10.2 Å². The van der Waals surface area contributed by atoms with Gasteiger partial charge in [-0.25, -0.2) is 4.68 Å². The van der Waals surface area contributed by atoms with Crippen molar-refractivity contribution in [1.29, 1.82) is 0 Å². The maximum Gasteiger partial charge on any atom is 0.334 e. The number of hydrogen-bond donors (Lipinski definition) is 1. The first kappa shape index (κ1) is 20.8. The van der Waals surface area contributed by atoms with E-state index in [4.69, 9.17) is 0 Å². The molecule has 3 rings (SSSR count). The summed E-state index contributed by atoms with van der Waals surface area (Å²) in [4.78, 5) is 27.7. The number of rotatable bonds is 7. The smallest absolute Gasteiger partial charge is 0.334 e. The van der Waals surface area contributed by atoms with Gasteiger partial charge in [-0.1, -0.05) is 32.0 Å². The van der Waals surface area contributed by atoms with Gasteiger partial charge in [0.15, 0.2) is 0 Å². The molecule has 0 aliphatic carbocycles. The Morgan fingerprint density at radius 2 is 1.86 bits per heavy atom. The van der Waals surface area contributed by atoms with E-state index in [0.717, 1.165) is 17.7 Å². The molecule has 0 saturated carbocycles. The molecule has 0 unspecified atom stereocenters. The first-order chi connectivity index (χ1) is 13.9. The number of nitro groups is 1. The average Bonchev–Trinajstić information content (AvgIpc) is 3.05. The fraction of sp³-hybridized carbons (Fsp3) is 0.500. The second kappa shape index (κ2) is 9.04. The van der Waals surface area contributed by atoms with Gasteiger partial charge in [-0.15, -0.1) is 0 Å². The number of nitrogens with one attached hydrogen (secondary N) is 1. The van der Waals surface area contributed by atoms with Gasteiger partial charge in [0.1, 0.15) is 5.69 Å². The molecule has 9 heteroatoms. The molecule has 0 atom stereocenters. The normalized spacial score (nSPS) is 14.8. The van der Waals surface area contributed by atoms with E-state index in [9.17, 15) is 14.9 Å². The molecule has 1 fully saturated rings. The number of nitrogens with zero attached hydrogens (tertiary/aromatic N) is 5. The molecular formula is C20H28N6O3. The number of carbonyl (C=O) groups excluding carboxylic acids is 1. The van der Waals surface area contributed by atoms with Gasteiger partial charge in [-0.2, -0.15) is 5.10 Å². The van der Waals surface area contributed by atoms with Crippen molar-refractivity contribution in [3.63, 3.8) is 0 Å². The Kier molecular flexibility index (Phi) is 6.48. The highest BCUT2D eigenvalue weighted by Gasteiger charge is 2.31. The van der Waals surface area contributed by atoms with Crippen molar-refractivity contribution in [3.05, 3.63) is 45.6 Å². The maximum atomic E-state index is 12.5. The van der Waals surface area contributed by atoms with Crippen LogP contribution in [0.3, 0.4) is 0 Å². The van der Waals surface area contributed by atoms with Crippen molar-refractivity contribution in [2.45, 2.75) is 26.7 Å². The van der Waals surface area contributed by atoms with Crippen LogP contribution in [0.4, 0.5) is 17.2 Å². The lowest BCUT2D eigenvalue weighted by atomic mass is 10.1. The largest absolute Gasteiger partial charge is 0.349 e. The number of aryl methyl sites for hydroxylation is 3. The second-order valence-corrected chi connectivity index (χ2v) is 7.18. The zero-order chi connectivity index (χ0) is 21.0. The highest BCUT2D eigenvalue weighted by molar-refractivity contribution is 5.93. The monoisotopic (exact) mass is 400 g/mol. The van der Waals surface area contributed by atoms with Crippen LogP contribution in [0.25, 0.3) is 0 Å². The molecular weight excluding hydrogens is 372 g/mol. The van der Waals surface area contributed by atoms with Gasteiger partial charge in [0.2, 0.25) is 11.7 Å². The molecule has 1 amide bonds. The SMILES string of the molecule is CCc1ccccc1NC(=O)CN1CCN(c2c([N+](=O)[O-])c(CC)nn2C)CC1.